The summed E-state index contributed by atoms with van der Waals surface area (Å²) in [5, 5.41) is 6.29. The average molecular weight is 329 g/mol. The summed E-state index contributed by atoms with van der Waals surface area (Å²) in [4.78, 5) is 14.8. The molecule has 24 heavy (non-hydrogen) atoms. The molecule has 2 N–H and O–H groups in total. The van der Waals surface area contributed by atoms with E-state index in [1.807, 2.05) is 0 Å². The van der Waals surface area contributed by atoms with Crippen LogP contribution in [0.15, 0.2) is 24.3 Å². The van der Waals surface area contributed by atoms with Crippen molar-refractivity contribution in [2.45, 2.75) is 64.0 Å². The van der Waals surface area contributed by atoms with Gasteiger partial charge in [0.15, 0.2) is 0 Å². The van der Waals surface area contributed by atoms with Gasteiger partial charge in [-0.15, -0.1) is 0 Å². The van der Waals surface area contributed by atoms with Gasteiger partial charge in [0.2, 0.25) is 0 Å². The topological polar surface area (TPSA) is 44.4 Å². The normalized spacial score (nSPS) is 20.7. The predicted octanol–water partition coefficient (Wildman–Crippen LogP) is 3.76. The van der Waals surface area contributed by atoms with Crippen molar-refractivity contribution in [3.05, 3.63) is 35.4 Å². The lowest BCUT2D eigenvalue weighted by molar-refractivity contribution is 0.215. The Morgan fingerprint density at radius 3 is 2.42 bits per heavy atom. The number of urea groups is 1. The summed E-state index contributed by atoms with van der Waals surface area (Å²) in [7, 11) is 0. The van der Waals surface area contributed by atoms with Crippen LogP contribution < -0.4 is 10.6 Å². The fourth-order valence-electron chi connectivity index (χ4n) is 3.97. The molecule has 3 rings (SSSR count). The molecule has 1 unspecified atom stereocenters. The van der Waals surface area contributed by atoms with Crippen molar-refractivity contribution < 1.29 is 4.79 Å². The molecular formula is C20H31N3O. The highest BCUT2D eigenvalue weighted by Gasteiger charge is 2.24. The minimum atomic E-state index is -0.00166. The number of nitrogens with one attached hydrogen (secondary N) is 2. The fraction of sp³-hybridized carbons (Fsp3) is 0.650. The van der Waals surface area contributed by atoms with Crippen molar-refractivity contribution in [1.29, 1.82) is 0 Å². The highest BCUT2D eigenvalue weighted by atomic mass is 16.2. The van der Waals surface area contributed by atoms with Crippen LogP contribution >= 0.6 is 0 Å². The van der Waals surface area contributed by atoms with Gasteiger partial charge in [-0.25, -0.2) is 4.79 Å². The van der Waals surface area contributed by atoms with Crippen molar-refractivity contribution in [1.82, 2.24) is 15.5 Å². The zero-order valence-corrected chi connectivity index (χ0v) is 14.9. The number of benzene rings is 1. The Morgan fingerprint density at radius 2 is 1.75 bits per heavy atom. The lowest BCUT2D eigenvalue weighted by Gasteiger charge is -2.29. The number of carbonyl (C=O) groups excluding carboxylic acids is 1. The number of nitrogens with zero attached hydrogens (tertiary/aromatic N) is 1. The molecule has 1 aliphatic heterocycles. The maximum Gasteiger partial charge on any atom is 0.315 e. The van der Waals surface area contributed by atoms with Crippen LogP contribution in [-0.2, 0) is 0 Å². The molecule has 1 aromatic carbocycles. The summed E-state index contributed by atoms with van der Waals surface area (Å²) >= 11 is 0. The molecule has 1 aromatic rings. The van der Waals surface area contributed by atoms with Crippen molar-refractivity contribution in [3.63, 3.8) is 0 Å². The molecule has 2 aliphatic rings. The first kappa shape index (κ1) is 17.3. The molecule has 0 aromatic heterocycles. The summed E-state index contributed by atoms with van der Waals surface area (Å²) < 4.78 is 0. The Hall–Kier alpha value is -1.55. The molecule has 2 fully saturated rings. The van der Waals surface area contributed by atoms with Crippen LogP contribution in [0.3, 0.4) is 0 Å². The van der Waals surface area contributed by atoms with Gasteiger partial charge < -0.3 is 10.6 Å². The SMILES string of the molecule is Cc1ccc(C(CNC(=O)NC2CCCCC2)N2CCCC2)cc1. The molecule has 1 saturated heterocycles. The number of hydrogen-bond donors (Lipinski definition) is 2. The standard InChI is InChI=1S/C20H31N3O/c1-16-9-11-17(12-10-16)19(23-13-5-6-14-23)15-21-20(24)22-18-7-3-2-4-8-18/h9-12,18-19H,2-8,13-15H2,1H3,(H2,21,22,24). The first-order valence-corrected chi connectivity index (χ1v) is 9.57. The maximum absolute atomic E-state index is 12.3. The molecule has 0 bridgehead atoms. The van der Waals surface area contributed by atoms with Gasteiger partial charge in [0.25, 0.3) is 0 Å². The summed E-state index contributed by atoms with van der Waals surface area (Å²) in [5.41, 5.74) is 2.59. The molecular weight excluding hydrogens is 298 g/mol. The number of aryl methyl sites for hydroxylation is 1. The van der Waals surface area contributed by atoms with E-state index in [9.17, 15) is 4.79 Å². The van der Waals surface area contributed by atoms with Gasteiger partial charge in [-0.05, 0) is 51.3 Å². The van der Waals surface area contributed by atoms with Gasteiger partial charge in [-0.2, -0.15) is 0 Å². The first-order valence-electron chi connectivity index (χ1n) is 9.57. The number of amides is 2. The summed E-state index contributed by atoms with van der Waals surface area (Å²) in [6.45, 7) is 5.06. The van der Waals surface area contributed by atoms with Gasteiger partial charge in [-0.3, -0.25) is 4.90 Å². The third kappa shape index (κ3) is 4.73. The fourth-order valence-corrected chi connectivity index (χ4v) is 3.97. The van der Waals surface area contributed by atoms with E-state index in [4.69, 9.17) is 0 Å². The van der Waals surface area contributed by atoms with E-state index < -0.39 is 0 Å². The van der Waals surface area contributed by atoms with E-state index in [0.717, 1.165) is 25.9 Å². The van der Waals surface area contributed by atoms with E-state index in [1.165, 1.54) is 43.2 Å². The highest BCUT2D eigenvalue weighted by molar-refractivity contribution is 5.74. The Labute approximate surface area is 146 Å². The minimum Gasteiger partial charge on any atom is -0.336 e. The molecule has 1 saturated carbocycles. The zero-order valence-electron chi connectivity index (χ0n) is 14.9. The molecule has 132 valence electrons. The van der Waals surface area contributed by atoms with E-state index in [-0.39, 0.29) is 12.1 Å². The molecule has 2 amide bonds. The Kier molecular flexibility index (Phi) is 6.13. The van der Waals surface area contributed by atoms with Crippen molar-refractivity contribution in [2.24, 2.45) is 0 Å². The summed E-state index contributed by atoms with van der Waals surface area (Å²) in [6.07, 6.45) is 8.56. The van der Waals surface area contributed by atoms with Gasteiger partial charge in [0, 0.05) is 12.6 Å². The van der Waals surface area contributed by atoms with Crippen LogP contribution in [0.4, 0.5) is 4.79 Å². The summed E-state index contributed by atoms with van der Waals surface area (Å²) in [5.74, 6) is 0. The van der Waals surface area contributed by atoms with Crippen LogP contribution in [0.2, 0.25) is 0 Å². The molecule has 4 nitrogen and oxygen atoms in total. The number of rotatable bonds is 5. The predicted molar refractivity (Wildman–Crippen MR) is 98.1 cm³/mol. The average Bonchev–Trinajstić information content (AvgIpc) is 3.12. The van der Waals surface area contributed by atoms with Crippen LogP contribution in [-0.4, -0.2) is 36.6 Å². The van der Waals surface area contributed by atoms with E-state index >= 15 is 0 Å². The molecule has 0 radical (unpaired) electrons. The van der Waals surface area contributed by atoms with Crippen LogP contribution in [0.5, 0.6) is 0 Å². The Bertz CT molecular complexity index is 516. The molecule has 1 aliphatic carbocycles. The van der Waals surface area contributed by atoms with Crippen LogP contribution in [0, 0.1) is 6.92 Å². The van der Waals surface area contributed by atoms with E-state index in [2.05, 4.69) is 46.7 Å². The largest absolute Gasteiger partial charge is 0.336 e. The van der Waals surface area contributed by atoms with Crippen LogP contribution in [0.1, 0.15) is 62.1 Å². The number of carbonyl (C=O) groups is 1. The monoisotopic (exact) mass is 329 g/mol. The second kappa shape index (κ2) is 8.52. The quantitative estimate of drug-likeness (QED) is 0.864. The highest BCUT2D eigenvalue weighted by Crippen LogP contribution is 2.25. The number of likely N-dealkylation sites (tertiary alicyclic amines) is 1. The molecule has 0 spiro atoms. The first-order chi connectivity index (χ1) is 11.7. The third-order valence-electron chi connectivity index (χ3n) is 5.44. The zero-order chi connectivity index (χ0) is 16.8. The molecule has 1 heterocycles. The lowest BCUT2D eigenvalue weighted by Crippen LogP contribution is -2.45. The third-order valence-corrected chi connectivity index (χ3v) is 5.44. The van der Waals surface area contributed by atoms with Crippen molar-refractivity contribution in [3.8, 4) is 0 Å². The second-order valence-electron chi connectivity index (χ2n) is 7.36. The van der Waals surface area contributed by atoms with Crippen molar-refractivity contribution in [2.75, 3.05) is 19.6 Å². The Balaban J connectivity index is 1.57. The smallest absolute Gasteiger partial charge is 0.315 e. The molecule has 4 heteroatoms. The van der Waals surface area contributed by atoms with Gasteiger partial charge in [-0.1, -0.05) is 49.1 Å². The van der Waals surface area contributed by atoms with Gasteiger partial charge in [0.1, 0.15) is 0 Å². The molecule has 1 atom stereocenters. The maximum atomic E-state index is 12.3. The van der Waals surface area contributed by atoms with E-state index in [0.29, 0.717) is 12.6 Å². The Morgan fingerprint density at radius 1 is 1.08 bits per heavy atom. The second-order valence-corrected chi connectivity index (χ2v) is 7.36. The number of hydrogen-bond acceptors (Lipinski definition) is 2. The van der Waals surface area contributed by atoms with Crippen LogP contribution in [0.25, 0.3) is 0 Å². The summed E-state index contributed by atoms with van der Waals surface area (Å²) in [6, 6.07) is 9.39. The van der Waals surface area contributed by atoms with E-state index in [1.54, 1.807) is 0 Å². The lowest BCUT2D eigenvalue weighted by atomic mass is 9.96. The van der Waals surface area contributed by atoms with Crippen molar-refractivity contribution >= 4 is 6.03 Å². The van der Waals surface area contributed by atoms with Gasteiger partial charge >= 0.3 is 6.03 Å². The van der Waals surface area contributed by atoms with Gasteiger partial charge in [0.05, 0.1) is 6.04 Å². The minimum absolute atomic E-state index is 0.00166.